The number of aliphatic hydroxyl groups excluding tert-OH is 2. The van der Waals surface area contributed by atoms with E-state index in [1.807, 2.05) is 0 Å². The number of unbranched alkanes of at least 4 members (excludes halogenated alkanes) is 5. The first-order chi connectivity index (χ1) is 45.9. The number of para-hydroxylation sites is 1. The van der Waals surface area contributed by atoms with E-state index in [2.05, 4.69) is 65.1 Å². The molecule has 0 aliphatic heterocycles. The second kappa shape index (κ2) is 42.1. The quantitative estimate of drug-likeness (QED) is 0.0259. The molecule has 0 fully saturated rings. The van der Waals surface area contributed by atoms with E-state index in [0.717, 1.165) is 38.1 Å². The van der Waals surface area contributed by atoms with Crippen molar-refractivity contribution in [3.8, 4) is 0 Å². The SMILES string of the molecule is CCCCCCCC(O)CC(=O)N[C@H](CC(N)=O)C(=O)N[C@@H](C(=O)N[C@H](Cc1ccccc1)C(=O)N[C@@H](CC(N)=O)C(=O)N[C@H](CC(N)=O)C(=O)N[C@@H](CCCCN)C(=O)N[C@@H](C(=O)NCC(=O)N[C@H](Cc1c[nH]c2ccccc12)C(=O)N[C@@H](C(=O)O)[C@@H](C)CC)[C@@H](C)O)C(C)C. The van der Waals surface area contributed by atoms with Crippen molar-refractivity contribution in [2.75, 3.05) is 13.1 Å². The van der Waals surface area contributed by atoms with Crippen molar-refractivity contribution < 1.29 is 82.4 Å². The van der Waals surface area contributed by atoms with Crippen LogP contribution in [0.5, 0.6) is 0 Å². The summed E-state index contributed by atoms with van der Waals surface area (Å²) in [4.78, 5) is 191. The third kappa shape index (κ3) is 29.1. The van der Waals surface area contributed by atoms with Crippen LogP contribution < -0.4 is 76.1 Å². The number of aromatic nitrogens is 1. The van der Waals surface area contributed by atoms with Gasteiger partial charge >= 0.3 is 5.97 Å². The Labute approximate surface area is 562 Å². The van der Waals surface area contributed by atoms with Crippen LogP contribution >= 0.6 is 0 Å². The number of carboxylic acids is 1. The summed E-state index contributed by atoms with van der Waals surface area (Å²) < 4.78 is 0. The molecular formula is C65H99N15O17. The van der Waals surface area contributed by atoms with Crippen molar-refractivity contribution in [2.24, 2.45) is 34.8 Å². The molecule has 97 heavy (non-hydrogen) atoms. The van der Waals surface area contributed by atoms with Crippen LogP contribution in [0.3, 0.4) is 0 Å². The lowest BCUT2D eigenvalue weighted by Gasteiger charge is -2.28. The van der Waals surface area contributed by atoms with Gasteiger partial charge in [0.25, 0.3) is 0 Å². The summed E-state index contributed by atoms with van der Waals surface area (Å²) in [5, 5.41) is 56.1. The number of aromatic amines is 1. The van der Waals surface area contributed by atoms with E-state index in [0.29, 0.717) is 42.2 Å². The topological polar surface area (TPSA) is 540 Å². The maximum atomic E-state index is 14.4. The van der Waals surface area contributed by atoms with Crippen LogP contribution in [0.2, 0.25) is 0 Å². The second-order valence-corrected chi connectivity index (χ2v) is 24.5. The molecule has 0 bridgehead atoms. The minimum absolute atomic E-state index is 0.120. The van der Waals surface area contributed by atoms with Gasteiger partial charge in [-0.15, -0.1) is 0 Å². The Bertz CT molecular complexity index is 3160. The van der Waals surface area contributed by atoms with Gasteiger partial charge in [0.1, 0.15) is 54.4 Å². The fraction of sp³-hybridized carbons (Fsp3) is 0.569. The molecule has 12 atom stereocenters. The van der Waals surface area contributed by atoms with E-state index in [9.17, 15) is 82.4 Å². The molecule has 3 aromatic rings. The van der Waals surface area contributed by atoms with Gasteiger partial charge in [0.05, 0.1) is 44.4 Å². The number of nitrogens with two attached hydrogens (primary N) is 4. The van der Waals surface area contributed by atoms with E-state index in [-0.39, 0.29) is 32.2 Å². The Morgan fingerprint density at radius 2 is 0.948 bits per heavy atom. The van der Waals surface area contributed by atoms with Gasteiger partial charge in [-0.3, -0.25) is 62.3 Å². The monoisotopic (exact) mass is 1360 g/mol. The van der Waals surface area contributed by atoms with Gasteiger partial charge < -0.3 is 96.4 Å². The molecular weight excluding hydrogens is 1260 g/mol. The highest BCUT2D eigenvalue weighted by atomic mass is 16.4. The van der Waals surface area contributed by atoms with E-state index < -0.39 is 193 Å². The minimum Gasteiger partial charge on any atom is -0.480 e. The summed E-state index contributed by atoms with van der Waals surface area (Å²) in [7, 11) is 0. The fourth-order valence-corrected chi connectivity index (χ4v) is 10.3. The number of carbonyl (C=O) groups excluding carboxylic acids is 13. The zero-order valence-electron chi connectivity index (χ0n) is 55.9. The highest BCUT2D eigenvalue weighted by Gasteiger charge is 2.38. The molecule has 32 heteroatoms. The number of hydrogen-bond acceptors (Lipinski definition) is 17. The summed E-state index contributed by atoms with van der Waals surface area (Å²) in [6, 6.07) is 0.560. The summed E-state index contributed by atoms with van der Waals surface area (Å²) in [5.41, 5.74) is 24.0. The van der Waals surface area contributed by atoms with Gasteiger partial charge in [-0.05, 0) is 68.2 Å². The first-order valence-electron chi connectivity index (χ1n) is 32.6. The van der Waals surface area contributed by atoms with Gasteiger partial charge in [0.15, 0.2) is 0 Å². The van der Waals surface area contributed by atoms with Gasteiger partial charge in [-0.25, -0.2) is 4.79 Å². The maximum Gasteiger partial charge on any atom is 0.326 e. The van der Waals surface area contributed by atoms with E-state index in [1.165, 1.54) is 0 Å². The highest BCUT2D eigenvalue weighted by molar-refractivity contribution is 6.01. The third-order valence-corrected chi connectivity index (χ3v) is 16.0. The van der Waals surface area contributed by atoms with Crippen LogP contribution in [0, 0.1) is 11.8 Å². The normalized spacial score (nSPS) is 14.9. The van der Waals surface area contributed by atoms with E-state index in [4.69, 9.17) is 22.9 Å². The number of nitrogens with one attached hydrogen (secondary N) is 11. The predicted molar refractivity (Wildman–Crippen MR) is 354 cm³/mol. The zero-order valence-corrected chi connectivity index (χ0v) is 55.9. The molecule has 0 aliphatic rings. The van der Waals surface area contributed by atoms with Crippen molar-refractivity contribution in [1.82, 2.24) is 58.2 Å². The lowest BCUT2D eigenvalue weighted by Crippen LogP contribution is -2.62. The number of aliphatic hydroxyl groups is 2. The third-order valence-electron chi connectivity index (χ3n) is 16.0. The number of primary amides is 3. The average molecular weight is 1360 g/mol. The van der Waals surface area contributed by atoms with Crippen molar-refractivity contribution in [3.05, 3.63) is 71.9 Å². The summed E-state index contributed by atoms with van der Waals surface area (Å²) in [6.45, 7) is 8.93. The molecule has 22 N–H and O–H groups in total. The Morgan fingerprint density at radius 1 is 0.474 bits per heavy atom. The van der Waals surface area contributed by atoms with Gasteiger partial charge in [-0.2, -0.15) is 0 Å². The van der Waals surface area contributed by atoms with Crippen LogP contribution in [-0.4, -0.2) is 183 Å². The van der Waals surface area contributed by atoms with Crippen LogP contribution in [0.1, 0.15) is 143 Å². The smallest absolute Gasteiger partial charge is 0.326 e. The molecule has 0 spiro atoms. The highest BCUT2D eigenvalue weighted by Crippen LogP contribution is 2.20. The standard InChI is InChI=1S/C65H99N15O17/c1-7-9-10-11-15-22-40(82)29-52(86)72-46(30-49(67)83)62(93)78-54(35(3)4)64(95)77-44(27-38-20-13-12-14-21-38)58(89)75-48(32-51(69)85)60(91)76-47(31-50(68)84)59(90)74-43(25-18-19-26-66)57(88)80-56(37(6)81)63(94)71-34-53(87)73-45(61(92)79-55(65(96)97)36(5)8-2)28-39-33-70-42-24-17-16-23-41(39)42/h12-14,16-17,20-21,23-24,33,35-37,40,43-48,54-56,70,81-82H,7-11,15,18-19,22,25-32,34,66H2,1-6H3,(H2,67,83)(H2,68,84)(H2,69,85)(H,71,94)(H,72,86)(H,73,87)(H,74,90)(H,75,89)(H,76,91)(H,77,95)(H,78,93)(H,79,92)(H,80,88)(H,96,97)/t36-,37+,40?,43-,44+,45+,46+,47+,48-,54+,55+,56+/m0/s1. The lowest BCUT2D eigenvalue weighted by molar-refractivity contribution is -0.143. The number of rotatable bonds is 46. The Balaban J connectivity index is 1.85. The van der Waals surface area contributed by atoms with Crippen LogP contribution in [0.15, 0.2) is 60.8 Å². The zero-order chi connectivity index (χ0) is 72.5. The molecule has 1 unspecified atom stereocenters. The number of aliphatic carboxylic acids is 1. The average Bonchev–Trinajstić information content (AvgIpc) is 1.74. The molecule has 32 nitrogen and oxygen atoms in total. The molecule has 3 rings (SSSR count). The molecule has 1 aromatic heterocycles. The Kier molecular flexibility index (Phi) is 35.4. The van der Waals surface area contributed by atoms with Crippen molar-refractivity contribution in [2.45, 2.75) is 211 Å². The van der Waals surface area contributed by atoms with Gasteiger partial charge in [0, 0.05) is 29.9 Å². The molecule has 536 valence electrons. The first kappa shape index (κ1) is 81.7. The van der Waals surface area contributed by atoms with Crippen LogP contribution in [0.4, 0.5) is 0 Å². The molecule has 0 aliphatic carbocycles. The number of hydrogen-bond donors (Lipinski definition) is 18. The molecule has 0 saturated carbocycles. The second-order valence-electron chi connectivity index (χ2n) is 24.5. The largest absolute Gasteiger partial charge is 0.480 e. The summed E-state index contributed by atoms with van der Waals surface area (Å²) >= 11 is 0. The van der Waals surface area contributed by atoms with Gasteiger partial charge in [-0.1, -0.05) is 122 Å². The van der Waals surface area contributed by atoms with Crippen molar-refractivity contribution in [3.63, 3.8) is 0 Å². The van der Waals surface area contributed by atoms with Crippen LogP contribution in [0.25, 0.3) is 10.9 Å². The maximum absolute atomic E-state index is 14.4. The van der Waals surface area contributed by atoms with Crippen molar-refractivity contribution >= 4 is 93.7 Å². The van der Waals surface area contributed by atoms with Crippen molar-refractivity contribution in [1.29, 1.82) is 0 Å². The van der Waals surface area contributed by atoms with E-state index in [1.54, 1.807) is 88.5 Å². The summed E-state index contributed by atoms with van der Waals surface area (Å²) in [6.07, 6.45) is 0.982. The van der Waals surface area contributed by atoms with Crippen LogP contribution in [-0.2, 0) is 80.0 Å². The molecule has 2 aromatic carbocycles. The minimum atomic E-state index is -1.95. The summed E-state index contributed by atoms with van der Waals surface area (Å²) in [5.74, 6) is -16.2. The number of H-pyrrole nitrogens is 1. The number of benzene rings is 2. The molecule has 1 heterocycles. The van der Waals surface area contributed by atoms with Gasteiger partial charge in [0.2, 0.25) is 76.8 Å². The Morgan fingerprint density at radius 3 is 1.51 bits per heavy atom. The lowest BCUT2D eigenvalue weighted by atomic mass is 9.98. The first-order valence-corrected chi connectivity index (χ1v) is 32.6. The molecule has 13 amide bonds. The number of carbonyl (C=O) groups is 14. The fourth-order valence-electron chi connectivity index (χ4n) is 10.3. The molecule has 0 saturated heterocycles. The molecule has 0 radical (unpaired) electrons. The number of carboxylic acid groups (broad SMARTS) is 1. The number of fused-ring (bicyclic) bond motifs is 1. The number of amides is 13. The predicted octanol–water partition coefficient (Wildman–Crippen LogP) is -2.53. The Hall–Kier alpha value is -9.56. The van der Waals surface area contributed by atoms with E-state index >= 15 is 0 Å².